The number of aliphatic hydroxyl groups is 1. The number of aliphatic hydroxyl groups excluding tert-OH is 1. The number of carboxylic acids is 1. The summed E-state index contributed by atoms with van der Waals surface area (Å²) in [6.45, 7) is 3.38. The molecular weight excluding hydrogens is 260 g/mol. The lowest BCUT2D eigenvalue weighted by Crippen LogP contribution is -2.45. The van der Waals surface area contributed by atoms with E-state index in [0.717, 1.165) is 25.7 Å². The molecular formula is C14H26N2O4. The summed E-state index contributed by atoms with van der Waals surface area (Å²) in [6, 6.07) is -0.162. The number of rotatable bonds is 8. The monoisotopic (exact) mass is 286 g/mol. The van der Waals surface area contributed by atoms with E-state index >= 15 is 0 Å². The van der Waals surface area contributed by atoms with Crippen LogP contribution in [0.15, 0.2) is 0 Å². The van der Waals surface area contributed by atoms with Crippen LogP contribution >= 0.6 is 0 Å². The van der Waals surface area contributed by atoms with Gasteiger partial charge in [0.25, 0.3) is 0 Å². The minimum absolute atomic E-state index is 0.0176. The van der Waals surface area contributed by atoms with Crippen LogP contribution in [0.1, 0.15) is 45.4 Å². The predicted octanol–water partition coefficient (Wildman–Crippen LogP) is 1.43. The van der Waals surface area contributed by atoms with Gasteiger partial charge in [-0.2, -0.15) is 0 Å². The van der Waals surface area contributed by atoms with Gasteiger partial charge in [-0.3, -0.25) is 4.79 Å². The Hall–Kier alpha value is -1.30. The van der Waals surface area contributed by atoms with Gasteiger partial charge >= 0.3 is 12.0 Å². The molecule has 1 rings (SSSR count). The molecule has 6 heteroatoms. The Bertz CT molecular complexity index is 322. The first kappa shape index (κ1) is 16.8. The Labute approximate surface area is 120 Å². The molecule has 2 amide bonds. The van der Waals surface area contributed by atoms with E-state index in [-0.39, 0.29) is 25.1 Å². The Morgan fingerprint density at radius 1 is 1.25 bits per heavy atom. The maximum absolute atomic E-state index is 12.0. The molecule has 0 saturated carbocycles. The van der Waals surface area contributed by atoms with Crippen molar-refractivity contribution in [2.24, 2.45) is 5.92 Å². The van der Waals surface area contributed by atoms with Crippen LogP contribution in [-0.4, -0.2) is 52.9 Å². The highest BCUT2D eigenvalue weighted by Crippen LogP contribution is 2.23. The van der Waals surface area contributed by atoms with Gasteiger partial charge in [0.05, 0.1) is 12.6 Å². The number of nitrogens with zero attached hydrogens (tertiary/aromatic N) is 1. The maximum Gasteiger partial charge on any atom is 0.317 e. The number of carbonyl (C=O) groups excluding carboxylic acids is 1. The molecule has 0 aromatic heterocycles. The summed E-state index contributed by atoms with van der Waals surface area (Å²) in [6.07, 6.45) is 4.51. The number of hydrogen-bond acceptors (Lipinski definition) is 3. The van der Waals surface area contributed by atoms with Crippen molar-refractivity contribution in [3.8, 4) is 0 Å². The summed E-state index contributed by atoms with van der Waals surface area (Å²) in [5.74, 6) is -0.404. The van der Waals surface area contributed by atoms with E-state index in [4.69, 9.17) is 5.11 Å². The van der Waals surface area contributed by atoms with E-state index in [9.17, 15) is 14.7 Å². The molecule has 1 aliphatic rings. The summed E-state index contributed by atoms with van der Waals surface area (Å²) in [5, 5.41) is 20.7. The van der Waals surface area contributed by atoms with Crippen molar-refractivity contribution in [2.75, 3.05) is 19.7 Å². The van der Waals surface area contributed by atoms with Crippen LogP contribution in [0, 0.1) is 5.92 Å². The van der Waals surface area contributed by atoms with E-state index in [1.54, 1.807) is 4.90 Å². The normalized spacial score (nSPS) is 22.0. The van der Waals surface area contributed by atoms with Gasteiger partial charge < -0.3 is 20.4 Å². The standard InChI is InChI=1S/C14H26N2O4/c1-11-7-9-16(12(11)10-17)14(20)15-8-5-3-2-4-6-13(18)19/h11-12,17H,2-10H2,1H3,(H,15,20)(H,18,19). The third-order valence-electron chi connectivity index (χ3n) is 3.92. The molecule has 2 atom stereocenters. The molecule has 0 aromatic carbocycles. The number of likely N-dealkylation sites (tertiary alicyclic amines) is 1. The third kappa shape index (κ3) is 5.36. The summed E-state index contributed by atoms with van der Waals surface area (Å²) in [4.78, 5) is 24.0. The van der Waals surface area contributed by atoms with Gasteiger partial charge in [0, 0.05) is 19.5 Å². The minimum atomic E-state index is -0.753. The number of unbranched alkanes of at least 4 members (excludes halogenated alkanes) is 3. The molecule has 1 fully saturated rings. The van der Waals surface area contributed by atoms with Gasteiger partial charge in [-0.1, -0.05) is 19.8 Å². The first-order chi connectivity index (χ1) is 9.56. The van der Waals surface area contributed by atoms with Gasteiger partial charge in [-0.15, -0.1) is 0 Å². The van der Waals surface area contributed by atoms with Crippen LogP contribution < -0.4 is 5.32 Å². The number of carbonyl (C=O) groups is 2. The van der Waals surface area contributed by atoms with Crippen LogP contribution in [0.25, 0.3) is 0 Å². The molecule has 1 heterocycles. The lowest BCUT2D eigenvalue weighted by Gasteiger charge is -2.25. The van der Waals surface area contributed by atoms with Crippen molar-refractivity contribution >= 4 is 12.0 Å². The number of urea groups is 1. The maximum atomic E-state index is 12.0. The van der Waals surface area contributed by atoms with Crippen molar-refractivity contribution in [3.05, 3.63) is 0 Å². The van der Waals surface area contributed by atoms with Crippen LogP contribution in [0.2, 0.25) is 0 Å². The first-order valence-electron chi connectivity index (χ1n) is 7.43. The average Bonchev–Trinajstić information content (AvgIpc) is 2.78. The fourth-order valence-electron chi connectivity index (χ4n) is 2.59. The minimum Gasteiger partial charge on any atom is -0.481 e. The molecule has 0 spiro atoms. The molecule has 1 aliphatic heterocycles. The van der Waals surface area contributed by atoms with Gasteiger partial charge in [0.2, 0.25) is 0 Å². The topological polar surface area (TPSA) is 89.9 Å². The van der Waals surface area contributed by atoms with Crippen molar-refractivity contribution in [2.45, 2.75) is 51.5 Å². The zero-order chi connectivity index (χ0) is 15.0. The molecule has 1 saturated heterocycles. The molecule has 0 radical (unpaired) electrons. The van der Waals surface area contributed by atoms with Gasteiger partial charge in [-0.25, -0.2) is 4.79 Å². The van der Waals surface area contributed by atoms with Gasteiger partial charge in [-0.05, 0) is 25.2 Å². The molecule has 2 unspecified atom stereocenters. The summed E-state index contributed by atoms with van der Waals surface area (Å²) in [7, 11) is 0. The second-order valence-corrected chi connectivity index (χ2v) is 5.50. The van der Waals surface area contributed by atoms with E-state index in [1.165, 1.54) is 0 Å². The van der Waals surface area contributed by atoms with Crippen molar-refractivity contribution in [1.29, 1.82) is 0 Å². The molecule has 116 valence electrons. The van der Waals surface area contributed by atoms with Crippen molar-refractivity contribution < 1.29 is 19.8 Å². The highest BCUT2D eigenvalue weighted by molar-refractivity contribution is 5.74. The average molecular weight is 286 g/mol. The quantitative estimate of drug-likeness (QED) is 0.589. The fourth-order valence-corrected chi connectivity index (χ4v) is 2.59. The largest absolute Gasteiger partial charge is 0.481 e. The van der Waals surface area contributed by atoms with Crippen LogP contribution in [-0.2, 0) is 4.79 Å². The Morgan fingerprint density at radius 3 is 2.60 bits per heavy atom. The smallest absolute Gasteiger partial charge is 0.317 e. The van der Waals surface area contributed by atoms with Crippen LogP contribution in [0.4, 0.5) is 4.79 Å². The SMILES string of the molecule is CC1CCN(C(=O)NCCCCCCC(=O)O)C1CO. The number of nitrogens with one attached hydrogen (secondary N) is 1. The molecule has 0 aliphatic carbocycles. The highest BCUT2D eigenvalue weighted by atomic mass is 16.4. The van der Waals surface area contributed by atoms with Crippen molar-refractivity contribution in [1.82, 2.24) is 10.2 Å². The number of carboxylic acid groups (broad SMARTS) is 1. The highest BCUT2D eigenvalue weighted by Gasteiger charge is 2.33. The number of aliphatic carboxylic acids is 1. The molecule has 0 aromatic rings. The summed E-state index contributed by atoms with van der Waals surface area (Å²) >= 11 is 0. The second kappa shape index (κ2) is 8.79. The van der Waals surface area contributed by atoms with Crippen LogP contribution in [0.3, 0.4) is 0 Å². The lowest BCUT2D eigenvalue weighted by atomic mass is 10.0. The Kier molecular flexibility index (Phi) is 7.36. The first-order valence-corrected chi connectivity index (χ1v) is 7.43. The number of amides is 2. The van der Waals surface area contributed by atoms with Crippen LogP contribution in [0.5, 0.6) is 0 Å². The Balaban J connectivity index is 2.10. The van der Waals surface area contributed by atoms with Gasteiger partial charge in [0.1, 0.15) is 0 Å². The zero-order valence-electron chi connectivity index (χ0n) is 12.2. The lowest BCUT2D eigenvalue weighted by molar-refractivity contribution is -0.137. The molecule has 3 N–H and O–H groups in total. The fraction of sp³-hybridized carbons (Fsp3) is 0.857. The van der Waals surface area contributed by atoms with Gasteiger partial charge in [0.15, 0.2) is 0 Å². The predicted molar refractivity (Wildman–Crippen MR) is 75.5 cm³/mol. The zero-order valence-corrected chi connectivity index (χ0v) is 12.2. The third-order valence-corrected chi connectivity index (χ3v) is 3.92. The molecule has 0 bridgehead atoms. The summed E-state index contributed by atoms with van der Waals surface area (Å²) < 4.78 is 0. The second-order valence-electron chi connectivity index (χ2n) is 5.50. The van der Waals surface area contributed by atoms with Crippen molar-refractivity contribution in [3.63, 3.8) is 0 Å². The Morgan fingerprint density at radius 2 is 1.95 bits per heavy atom. The molecule has 20 heavy (non-hydrogen) atoms. The molecule has 6 nitrogen and oxygen atoms in total. The number of hydrogen-bond donors (Lipinski definition) is 3. The van der Waals surface area contributed by atoms with E-state index in [0.29, 0.717) is 25.4 Å². The van der Waals surface area contributed by atoms with E-state index in [1.807, 2.05) is 0 Å². The van der Waals surface area contributed by atoms with E-state index in [2.05, 4.69) is 12.2 Å². The summed E-state index contributed by atoms with van der Waals surface area (Å²) in [5.41, 5.74) is 0. The van der Waals surface area contributed by atoms with E-state index < -0.39 is 5.97 Å².